The fraction of sp³-hybridized carbons (Fsp3) is 0.500. The molecule has 17 heavy (non-hydrogen) atoms. The second-order valence-corrected chi connectivity index (χ2v) is 5.60. The zero-order valence-corrected chi connectivity index (χ0v) is 11.1. The van der Waals surface area contributed by atoms with Gasteiger partial charge in [0.2, 0.25) is 0 Å². The van der Waals surface area contributed by atoms with Crippen LogP contribution >= 0.6 is 22.9 Å². The Hall–Kier alpha value is -0.870. The predicted molar refractivity (Wildman–Crippen MR) is 69.0 cm³/mol. The van der Waals surface area contributed by atoms with Gasteiger partial charge in [0.1, 0.15) is 4.88 Å². The van der Waals surface area contributed by atoms with Crippen molar-refractivity contribution >= 4 is 29.2 Å². The van der Waals surface area contributed by atoms with Gasteiger partial charge in [0.25, 0.3) is 5.19 Å². The molecule has 0 bridgehead atoms. The second kappa shape index (κ2) is 5.65. The van der Waals surface area contributed by atoms with Gasteiger partial charge in [-0.1, -0.05) is 42.0 Å². The number of ether oxygens (including phenoxy) is 1. The first-order valence-corrected chi connectivity index (χ1v) is 6.79. The van der Waals surface area contributed by atoms with E-state index >= 15 is 0 Å². The lowest BCUT2D eigenvalue weighted by Gasteiger charge is -2.24. The Labute approximate surface area is 109 Å². The number of halogens is 1. The van der Waals surface area contributed by atoms with E-state index < -0.39 is 0 Å². The molecule has 2 rings (SSSR count). The molecule has 1 aromatic heterocycles. The van der Waals surface area contributed by atoms with Crippen molar-refractivity contribution in [2.45, 2.75) is 19.8 Å². The van der Waals surface area contributed by atoms with Crippen molar-refractivity contribution < 1.29 is 9.53 Å². The molecule has 1 aliphatic rings. The van der Waals surface area contributed by atoms with Gasteiger partial charge in [0.05, 0.1) is 6.61 Å². The third kappa shape index (κ3) is 3.07. The van der Waals surface area contributed by atoms with E-state index in [-0.39, 0.29) is 5.15 Å². The molecule has 3 nitrogen and oxygen atoms in total. The average molecular weight is 272 g/mol. The third-order valence-corrected chi connectivity index (χ3v) is 4.33. The quantitative estimate of drug-likeness (QED) is 0.621. The molecule has 0 amide bonds. The van der Waals surface area contributed by atoms with Crippen molar-refractivity contribution in [1.29, 1.82) is 0 Å². The van der Waals surface area contributed by atoms with Crippen molar-refractivity contribution in [3.8, 4) is 5.19 Å². The maximum atomic E-state index is 10.6. The van der Waals surface area contributed by atoms with Gasteiger partial charge in [-0.3, -0.25) is 4.79 Å². The van der Waals surface area contributed by atoms with Crippen LogP contribution in [0.25, 0.3) is 0 Å². The zero-order chi connectivity index (χ0) is 12.3. The van der Waals surface area contributed by atoms with Crippen molar-refractivity contribution in [3.63, 3.8) is 0 Å². The van der Waals surface area contributed by atoms with Crippen LogP contribution in [0.4, 0.5) is 0 Å². The van der Waals surface area contributed by atoms with Gasteiger partial charge in [-0.05, 0) is 24.7 Å². The molecule has 1 heterocycles. The summed E-state index contributed by atoms with van der Waals surface area (Å²) >= 11 is 6.97. The zero-order valence-electron chi connectivity index (χ0n) is 9.56. The molecule has 0 fully saturated rings. The summed E-state index contributed by atoms with van der Waals surface area (Å²) in [5.41, 5.74) is 0. The van der Waals surface area contributed by atoms with Crippen molar-refractivity contribution in [2.75, 3.05) is 6.61 Å². The number of allylic oxidation sites excluding steroid dienone is 2. The maximum absolute atomic E-state index is 10.6. The summed E-state index contributed by atoms with van der Waals surface area (Å²) in [4.78, 5) is 15.1. The molecule has 0 radical (unpaired) electrons. The third-order valence-electron chi connectivity index (χ3n) is 3.04. The molecule has 1 aromatic rings. The van der Waals surface area contributed by atoms with Crippen LogP contribution in [0.1, 0.15) is 29.4 Å². The highest BCUT2D eigenvalue weighted by atomic mass is 35.5. The van der Waals surface area contributed by atoms with Gasteiger partial charge in [-0.2, -0.15) is 4.98 Å². The van der Waals surface area contributed by atoms with E-state index in [4.69, 9.17) is 16.3 Å². The highest BCUT2D eigenvalue weighted by molar-refractivity contribution is 7.15. The van der Waals surface area contributed by atoms with E-state index in [2.05, 4.69) is 24.1 Å². The summed E-state index contributed by atoms with van der Waals surface area (Å²) in [5, 5.41) is 0.718. The standard InChI is InChI=1S/C12H14ClNO2S/c1-8-4-2-3-5-9(8)7-16-12-14-11(13)10(6-15)17-12/h2-3,6,8-9H,4-5,7H2,1H3. The highest BCUT2D eigenvalue weighted by Gasteiger charge is 2.20. The van der Waals surface area contributed by atoms with Crippen LogP contribution in [0.2, 0.25) is 5.15 Å². The SMILES string of the molecule is CC1CC=CCC1COc1nc(Cl)c(C=O)s1. The Morgan fingerprint density at radius 2 is 2.35 bits per heavy atom. The van der Waals surface area contributed by atoms with Crippen LogP contribution < -0.4 is 4.74 Å². The minimum Gasteiger partial charge on any atom is -0.470 e. The number of aldehydes is 1. The van der Waals surface area contributed by atoms with Crippen LogP contribution in [0, 0.1) is 11.8 Å². The summed E-state index contributed by atoms with van der Waals surface area (Å²) in [7, 11) is 0. The minimum atomic E-state index is 0.233. The van der Waals surface area contributed by atoms with Crippen molar-refractivity contribution in [3.05, 3.63) is 22.2 Å². The van der Waals surface area contributed by atoms with E-state index in [1.165, 1.54) is 11.3 Å². The van der Waals surface area contributed by atoms with Gasteiger partial charge in [0, 0.05) is 0 Å². The second-order valence-electron chi connectivity index (χ2n) is 4.24. The summed E-state index contributed by atoms with van der Waals surface area (Å²) < 4.78 is 5.61. The number of nitrogens with zero attached hydrogens (tertiary/aromatic N) is 1. The Bertz CT molecular complexity index is 430. The molecule has 0 saturated carbocycles. The summed E-state index contributed by atoms with van der Waals surface area (Å²) in [5.74, 6) is 1.14. The maximum Gasteiger partial charge on any atom is 0.275 e. The highest BCUT2D eigenvalue weighted by Crippen LogP contribution is 2.30. The van der Waals surface area contributed by atoms with Crippen molar-refractivity contribution in [2.24, 2.45) is 11.8 Å². The summed E-state index contributed by atoms with van der Waals surface area (Å²) in [6.07, 6.45) is 7.26. The van der Waals surface area contributed by atoms with E-state index in [1.807, 2.05) is 0 Å². The first kappa shape index (κ1) is 12.6. The fourth-order valence-electron chi connectivity index (χ4n) is 1.85. The molecule has 2 unspecified atom stereocenters. The number of aromatic nitrogens is 1. The number of carbonyl (C=O) groups is 1. The molecule has 92 valence electrons. The molecule has 0 aliphatic heterocycles. The minimum absolute atomic E-state index is 0.233. The average Bonchev–Trinajstić information content (AvgIpc) is 2.69. The van der Waals surface area contributed by atoms with E-state index in [0.717, 1.165) is 12.8 Å². The molecule has 0 saturated heterocycles. The van der Waals surface area contributed by atoms with Gasteiger partial charge in [-0.25, -0.2) is 0 Å². The molecular weight excluding hydrogens is 258 g/mol. The number of hydrogen-bond donors (Lipinski definition) is 0. The van der Waals surface area contributed by atoms with E-state index in [9.17, 15) is 4.79 Å². The lowest BCUT2D eigenvalue weighted by molar-refractivity contribution is 0.112. The normalized spacial score (nSPS) is 23.6. The number of hydrogen-bond acceptors (Lipinski definition) is 4. The molecule has 5 heteroatoms. The van der Waals surface area contributed by atoms with Crippen LogP contribution in [-0.2, 0) is 0 Å². The summed E-state index contributed by atoms with van der Waals surface area (Å²) in [6.45, 7) is 2.86. The van der Waals surface area contributed by atoms with E-state index in [1.54, 1.807) is 0 Å². The van der Waals surface area contributed by atoms with Gasteiger partial charge >= 0.3 is 0 Å². The topological polar surface area (TPSA) is 39.2 Å². The molecular formula is C12H14ClNO2S. The van der Waals surface area contributed by atoms with Crippen LogP contribution in [0.5, 0.6) is 5.19 Å². The molecule has 0 aromatic carbocycles. The number of carbonyl (C=O) groups excluding carboxylic acids is 1. The number of thiazole rings is 1. The van der Waals surface area contributed by atoms with Gasteiger partial charge in [-0.15, -0.1) is 0 Å². The van der Waals surface area contributed by atoms with Crippen LogP contribution in [0.3, 0.4) is 0 Å². The Balaban J connectivity index is 1.92. The Morgan fingerprint density at radius 1 is 1.59 bits per heavy atom. The smallest absolute Gasteiger partial charge is 0.275 e. The first-order chi connectivity index (χ1) is 8.20. The summed E-state index contributed by atoms with van der Waals surface area (Å²) in [6, 6.07) is 0. The van der Waals surface area contributed by atoms with Crippen LogP contribution in [0.15, 0.2) is 12.2 Å². The Kier molecular flexibility index (Phi) is 4.18. The molecule has 1 aliphatic carbocycles. The monoisotopic (exact) mass is 271 g/mol. The Morgan fingerprint density at radius 3 is 3.00 bits per heavy atom. The molecule has 2 atom stereocenters. The fourth-order valence-corrected chi connectivity index (χ4v) is 2.76. The lowest BCUT2D eigenvalue weighted by atomic mass is 9.85. The van der Waals surface area contributed by atoms with Crippen molar-refractivity contribution in [1.82, 2.24) is 4.98 Å². The molecule has 0 N–H and O–H groups in total. The van der Waals surface area contributed by atoms with Gasteiger partial charge < -0.3 is 4.74 Å². The van der Waals surface area contributed by atoms with Gasteiger partial charge in [0.15, 0.2) is 11.4 Å². The predicted octanol–water partition coefficient (Wildman–Crippen LogP) is 3.59. The van der Waals surface area contributed by atoms with Crippen LogP contribution in [-0.4, -0.2) is 17.9 Å². The van der Waals surface area contributed by atoms with E-state index in [0.29, 0.717) is 34.8 Å². The molecule has 0 spiro atoms. The number of rotatable bonds is 4. The lowest BCUT2D eigenvalue weighted by Crippen LogP contribution is -2.21. The largest absolute Gasteiger partial charge is 0.470 e. The first-order valence-electron chi connectivity index (χ1n) is 5.60.